The van der Waals surface area contributed by atoms with Crippen LogP contribution in [0.1, 0.15) is 33.0 Å². The zero-order valence-electron chi connectivity index (χ0n) is 18.5. The molecule has 1 fully saturated rings. The number of fused-ring (bicyclic) bond motifs is 1. The summed E-state index contributed by atoms with van der Waals surface area (Å²) in [5.41, 5.74) is 6.47. The summed E-state index contributed by atoms with van der Waals surface area (Å²) in [5.74, 6) is -0.161. The van der Waals surface area contributed by atoms with E-state index < -0.39 is 0 Å². The van der Waals surface area contributed by atoms with Crippen LogP contribution in [0.3, 0.4) is 0 Å². The maximum absolute atomic E-state index is 12.3. The van der Waals surface area contributed by atoms with Gasteiger partial charge in [-0.1, -0.05) is 0 Å². The van der Waals surface area contributed by atoms with Gasteiger partial charge < -0.3 is 15.2 Å². The van der Waals surface area contributed by atoms with Crippen molar-refractivity contribution in [2.24, 2.45) is 0 Å². The summed E-state index contributed by atoms with van der Waals surface area (Å²) < 4.78 is 0. The van der Waals surface area contributed by atoms with Crippen molar-refractivity contribution in [2.75, 3.05) is 38.1 Å². The van der Waals surface area contributed by atoms with Gasteiger partial charge in [0.15, 0.2) is 5.69 Å². The quantitative estimate of drug-likeness (QED) is 0.670. The highest BCUT2D eigenvalue weighted by Crippen LogP contribution is 2.23. The number of H-pyrrole nitrogens is 1. The molecule has 162 valence electrons. The number of carbonyl (C=O) groups is 1. The number of aryl methyl sites for hydroxylation is 3. The van der Waals surface area contributed by atoms with Gasteiger partial charge in [-0.05, 0) is 56.2 Å². The molecule has 1 amide bonds. The van der Waals surface area contributed by atoms with E-state index in [2.05, 4.69) is 37.0 Å². The van der Waals surface area contributed by atoms with Crippen LogP contribution >= 0.6 is 0 Å². The van der Waals surface area contributed by atoms with Gasteiger partial charge in [-0.15, -0.1) is 0 Å². The molecule has 3 aromatic rings. The van der Waals surface area contributed by atoms with Crippen LogP contribution in [0.15, 0.2) is 29.1 Å². The molecule has 2 aromatic heterocycles. The number of pyridine rings is 1. The maximum atomic E-state index is 12.3. The summed E-state index contributed by atoms with van der Waals surface area (Å²) in [6, 6.07) is 8.01. The number of piperazine rings is 1. The van der Waals surface area contributed by atoms with Crippen LogP contribution < -0.4 is 15.8 Å². The summed E-state index contributed by atoms with van der Waals surface area (Å²) >= 11 is 0. The van der Waals surface area contributed by atoms with Crippen LogP contribution in [-0.2, 0) is 6.54 Å². The number of aromatic nitrogens is 3. The Morgan fingerprint density at radius 1 is 1.10 bits per heavy atom. The molecule has 1 saturated heterocycles. The molecule has 8 heteroatoms. The largest absolute Gasteiger partial charge is 0.367 e. The zero-order chi connectivity index (χ0) is 22.1. The van der Waals surface area contributed by atoms with Crippen LogP contribution in [0.2, 0.25) is 0 Å². The van der Waals surface area contributed by atoms with E-state index in [0.717, 1.165) is 55.1 Å². The highest BCUT2D eigenvalue weighted by atomic mass is 16.1. The molecule has 0 radical (unpaired) electrons. The first-order valence-electron chi connectivity index (χ1n) is 10.5. The number of hydrogen-bond acceptors (Lipinski definition) is 6. The SMILES string of the molecule is CNC(=O)c1nc(C)ccc1N1CCN(Cc2cc3[nH]c(=O)c(C)nc3cc2C)CC1. The van der Waals surface area contributed by atoms with Crippen molar-refractivity contribution in [2.45, 2.75) is 27.3 Å². The van der Waals surface area contributed by atoms with Crippen molar-refractivity contribution in [1.82, 2.24) is 25.2 Å². The van der Waals surface area contributed by atoms with Crippen LogP contribution in [0.25, 0.3) is 11.0 Å². The average Bonchev–Trinajstić information content (AvgIpc) is 2.76. The minimum Gasteiger partial charge on any atom is -0.367 e. The Morgan fingerprint density at radius 3 is 2.55 bits per heavy atom. The van der Waals surface area contributed by atoms with E-state index in [1.807, 2.05) is 31.2 Å². The lowest BCUT2D eigenvalue weighted by Gasteiger charge is -2.36. The summed E-state index contributed by atoms with van der Waals surface area (Å²) in [5, 5.41) is 2.69. The molecule has 31 heavy (non-hydrogen) atoms. The standard InChI is InChI=1S/C23H28N6O2/c1-14-11-18-19(27-22(30)16(3)26-18)12-17(14)13-28-7-9-29(10-8-28)20-6-5-15(2)25-21(20)23(31)24-4/h5-6,11-12H,7-10,13H2,1-4H3,(H,24,31)(H,27,30). The van der Waals surface area contributed by atoms with Gasteiger partial charge in [-0.2, -0.15) is 0 Å². The Kier molecular flexibility index (Phi) is 5.73. The Balaban J connectivity index is 1.49. The molecule has 0 bridgehead atoms. The Morgan fingerprint density at radius 2 is 1.84 bits per heavy atom. The summed E-state index contributed by atoms with van der Waals surface area (Å²) in [7, 11) is 1.63. The number of anilines is 1. The van der Waals surface area contributed by atoms with Gasteiger partial charge >= 0.3 is 0 Å². The number of nitrogens with zero attached hydrogens (tertiary/aromatic N) is 4. The van der Waals surface area contributed by atoms with Crippen LogP contribution in [-0.4, -0.2) is 59.0 Å². The first-order chi connectivity index (χ1) is 14.9. The van der Waals surface area contributed by atoms with Gasteiger partial charge in [-0.3, -0.25) is 14.5 Å². The second-order valence-corrected chi connectivity index (χ2v) is 8.11. The lowest BCUT2D eigenvalue weighted by molar-refractivity contribution is 0.0958. The van der Waals surface area contributed by atoms with Gasteiger partial charge in [0.25, 0.3) is 11.5 Å². The fourth-order valence-corrected chi connectivity index (χ4v) is 4.02. The van der Waals surface area contributed by atoms with Crippen molar-refractivity contribution < 1.29 is 4.79 Å². The summed E-state index contributed by atoms with van der Waals surface area (Å²) in [6.45, 7) is 9.89. The molecule has 1 aromatic carbocycles. The number of carbonyl (C=O) groups excluding carboxylic acids is 1. The first-order valence-corrected chi connectivity index (χ1v) is 10.5. The first kappa shape index (κ1) is 21.0. The predicted molar refractivity (Wildman–Crippen MR) is 122 cm³/mol. The minimum absolute atomic E-state index is 0.144. The molecule has 4 rings (SSSR count). The fourth-order valence-electron chi connectivity index (χ4n) is 4.02. The average molecular weight is 421 g/mol. The fraction of sp³-hybridized carbons (Fsp3) is 0.391. The second-order valence-electron chi connectivity index (χ2n) is 8.11. The summed E-state index contributed by atoms with van der Waals surface area (Å²) in [6.07, 6.45) is 0. The van der Waals surface area contributed by atoms with Gasteiger partial charge in [0.05, 0.1) is 16.7 Å². The van der Waals surface area contributed by atoms with Crippen molar-refractivity contribution in [1.29, 1.82) is 0 Å². The van der Waals surface area contributed by atoms with Crippen molar-refractivity contribution in [3.05, 3.63) is 62.8 Å². The van der Waals surface area contributed by atoms with Gasteiger partial charge in [0.1, 0.15) is 5.69 Å². The highest BCUT2D eigenvalue weighted by molar-refractivity contribution is 5.97. The third-order valence-corrected chi connectivity index (χ3v) is 5.88. The molecule has 0 atom stereocenters. The van der Waals surface area contributed by atoms with Gasteiger partial charge in [0, 0.05) is 45.5 Å². The zero-order valence-corrected chi connectivity index (χ0v) is 18.5. The molecule has 2 N–H and O–H groups in total. The lowest BCUT2D eigenvalue weighted by atomic mass is 10.1. The molecule has 1 aliphatic rings. The van der Waals surface area contributed by atoms with Crippen LogP contribution in [0, 0.1) is 20.8 Å². The number of hydrogen-bond donors (Lipinski definition) is 2. The molecule has 1 aliphatic heterocycles. The Labute approximate surface area is 181 Å². The Hall–Kier alpha value is -3.26. The van der Waals surface area contributed by atoms with E-state index in [0.29, 0.717) is 11.4 Å². The molecule has 0 aliphatic carbocycles. The summed E-state index contributed by atoms with van der Waals surface area (Å²) in [4.78, 5) is 40.6. The van der Waals surface area contributed by atoms with E-state index in [-0.39, 0.29) is 11.5 Å². The van der Waals surface area contributed by atoms with Gasteiger partial charge in [0.2, 0.25) is 0 Å². The second kappa shape index (κ2) is 8.47. The minimum atomic E-state index is -0.161. The number of benzene rings is 1. The smallest absolute Gasteiger partial charge is 0.271 e. The molecular formula is C23H28N6O2. The molecule has 8 nitrogen and oxygen atoms in total. The lowest BCUT2D eigenvalue weighted by Crippen LogP contribution is -2.46. The molecule has 0 unspecified atom stereocenters. The molecular weight excluding hydrogens is 392 g/mol. The number of nitrogens with one attached hydrogen (secondary N) is 2. The topological polar surface area (TPSA) is 94.2 Å². The molecule has 0 saturated carbocycles. The van der Waals surface area contributed by atoms with E-state index in [1.54, 1.807) is 14.0 Å². The monoisotopic (exact) mass is 420 g/mol. The highest BCUT2D eigenvalue weighted by Gasteiger charge is 2.23. The van der Waals surface area contributed by atoms with E-state index in [9.17, 15) is 9.59 Å². The van der Waals surface area contributed by atoms with Crippen molar-refractivity contribution in [3.63, 3.8) is 0 Å². The number of rotatable bonds is 4. The third-order valence-electron chi connectivity index (χ3n) is 5.88. The maximum Gasteiger partial charge on any atom is 0.271 e. The molecule has 3 heterocycles. The van der Waals surface area contributed by atoms with Crippen molar-refractivity contribution in [3.8, 4) is 0 Å². The predicted octanol–water partition coefficient (Wildman–Crippen LogP) is 1.93. The Bertz CT molecular complexity index is 1190. The van der Waals surface area contributed by atoms with E-state index in [1.165, 1.54) is 11.1 Å². The van der Waals surface area contributed by atoms with E-state index >= 15 is 0 Å². The van der Waals surface area contributed by atoms with Crippen LogP contribution in [0.4, 0.5) is 5.69 Å². The van der Waals surface area contributed by atoms with Crippen LogP contribution in [0.5, 0.6) is 0 Å². The third kappa shape index (κ3) is 4.29. The van der Waals surface area contributed by atoms with Gasteiger partial charge in [-0.25, -0.2) is 9.97 Å². The molecule has 0 spiro atoms. The van der Waals surface area contributed by atoms with E-state index in [4.69, 9.17) is 0 Å². The number of aromatic amines is 1. The van der Waals surface area contributed by atoms with Crippen molar-refractivity contribution >= 4 is 22.6 Å². The number of amides is 1. The normalized spacial score (nSPS) is 14.8.